The number of methoxy groups -OCH3 is 2. The third kappa shape index (κ3) is 4.31. The number of carbonyl (C=O) groups is 1. The summed E-state index contributed by atoms with van der Waals surface area (Å²) < 4.78 is 46.9. The van der Waals surface area contributed by atoms with Crippen molar-refractivity contribution >= 4 is 12.0 Å². The monoisotopic (exact) mass is 274 g/mol. The number of rotatable bonds is 4. The molecule has 0 saturated carbocycles. The van der Waals surface area contributed by atoms with Crippen LogP contribution in [0.3, 0.4) is 0 Å². The molecule has 0 aliphatic carbocycles. The summed E-state index contributed by atoms with van der Waals surface area (Å²) in [7, 11) is 2.41. The van der Waals surface area contributed by atoms with Gasteiger partial charge in [-0.2, -0.15) is 13.2 Å². The van der Waals surface area contributed by atoms with E-state index in [2.05, 4.69) is 4.74 Å². The van der Waals surface area contributed by atoms with Crippen molar-refractivity contribution in [3.05, 3.63) is 35.9 Å². The number of benzene rings is 1. The largest absolute Gasteiger partial charge is 0.497 e. The average molecular weight is 274 g/mol. The van der Waals surface area contributed by atoms with Gasteiger partial charge in [-0.1, -0.05) is 24.3 Å². The first kappa shape index (κ1) is 15.1. The van der Waals surface area contributed by atoms with Crippen LogP contribution >= 0.6 is 0 Å². The van der Waals surface area contributed by atoms with E-state index in [1.54, 1.807) is 24.3 Å². The first-order valence-electron chi connectivity index (χ1n) is 5.35. The Morgan fingerprint density at radius 1 is 1.21 bits per heavy atom. The van der Waals surface area contributed by atoms with E-state index >= 15 is 0 Å². The molecule has 0 N–H and O–H groups in total. The molecule has 6 heteroatoms. The second-order valence-corrected chi connectivity index (χ2v) is 3.67. The topological polar surface area (TPSA) is 35.5 Å². The van der Waals surface area contributed by atoms with Crippen LogP contribution in [-0.4, -0.2) is 26.4 Å². The number of halogens is 3. The highest BCUT2D eigenvalue weighted by molar-refractivity contribution is 5.76. The Bertz CT molecular complexity index is 449. The Balaban J connectivity index is 2.88. The molecule has 0 aliphatic heterocycles. The Kier molecular flexibility index (Phi) is 4.97. The molecule has 0 fully saturated rings. The summed E-state index contributed by atoms with van der Waals surface area (Å²) in [5.74, 6) is -3.01. The summed E-state index contributed by atoms with van der Waals surface area (Å²) in [5.41, 5.74) is 0.527. The molecule has 0 heterocycles. The fraction of sp³-hybridized carbons (Fsp3) is 0.308. The Labute approximate surface area is 108 Å². The SMILES string of the molecule is COC(=O)C(/C=C\c1ccc(OC)cc1)C(F)(F)F. The highest BCUT2D eigenvalue weighted by atomic mass is 19.4. The summed E-state index contributed by atoms with van der Waals surface area (Å²) in [4.78, 5) is 11.1. The number of carbonyl (C=O) groups excluding carboxylic acids is 1. The molecule has 3 nitrogen and oxygen atoms in total. The maximum Gasteiger partial charge on any atom is 0.405 e. The van der Waals surface area contributed by atoms with Gasteiger partial charge >= 0.3 is 12.1 Å². The van der Waals surface area contributed by atoms with Crippen molar-refractivity contribution in [2.24, 2.45) is 5.92 Å². The minimum Gasteiger partial charge on any atom is -0.497 e. The third-order valence-corrected chi connectivity index (χ3v) is 2.40. The van der Waals surface area contributed by atoms with E-state index < -0.39 is 18.1 Å². The smallest absolute Gasteiger partial charge is 0.405 e. The minimum absolute atomic E-state index is 0.527. The molecule has 0 aliphatic rings. The summed E-state index contributed by atoms with van der Waals surface area (Å²) in [5, 5.41) is 0. The molecule has 0 amide bonds. The van der Waals surface area contributed by atoms with Crippen LogP contribution in [0, 0.1) is 5.92 Å². The van der Waals surface area contributed by atoms with Gasteiger partial charge < -0.3 is 9.47 Å². The zero-order valence-corrected chi connectivity index (χ0v) is 10.4. The molecule has 104 valence electrons. The van der Waals surface area contributed by atoms with Gasteiger partial charge in [-0.05, 0) is 17.7 Å². The molecule has 0 aromatic heterocycles. The van der Waals surface area contributed by atoms with Crippen LogP contribution in [0.4, 0.5) is 13.2 Å². The van der Waals surface area contributed by atoms with Crippen LogP contribution in [0.15, 0.2) is 30.3 Å². The molecule has 0 radical (unpaired) electrons. The van der Waals surface area contributed by atoms with Crippen LogP contribution < -0.4 is 4.74 Å². The minimum atomic E-state index is -4.67. The third-order valence-electron chi connectivity index (χ3n) is 2.40. The predicted molar refractivity (Wildman–Crippen MR) is 63.6 cm³/mol. The number of hydrogen-bond acceptors (Lipinski definition) is 3. The zero-order chi connectivity index (χ0) is 14.5. The zero-order valence-electron chi connectivity index (χ0n) is 10.4. The van der Waals surface area contributed by atoms with Crippen molar-refractivity contribution in [2.45, 2.75) is 6.18 Å². The second kappa shape index (κ2) is 6.26. The molecule has 1 aromatic rings. The number of esters is 1. The molecule has 1 rings (SSSR count). The number of hydrogen-bond donors (Lipinski definition) is 0. The molecule has 0 saturated heterocycles. The maximum atomic E-state index is 12.6. The van der Waals surface area contributed by atoms with E-state index in [0.717, 1.165) is 13.2 Å². The normalized spacial score (nSPS) is 13.3. The quantitative estimate of drug-likeness (QED) is 0.792. The van der Waals surface area contributed by atoms with Gasteiger partial charge in [0.25, 0.3) is 0 Å². The highest BCUT2D eigenvalue weighted by Gasteiger charge is 2.43. The van der Waals surface area contributed by atoms with E-state index in [1.807, 2.05) is 0 Å². The van der Waals surface area contributed by atoms with Crippen molar-refractivity contribution in [1.82, 2.24) is 0 Å². The fourth-order valence-electron chi connectivity index (χ4n) is 1.37. The lowest BCUT2D eigenvalue weighted by molar-refractivity contribution is -0.186. The van der Waals surface area contributed by atoms with Gasteiger partial charge in [0.2, 0.25) is 0 Å². The number of ether oxygens (including phenoxy) is 2. The second-order valence-electron chi connectivity index (χ2n) is 3.67. The highest BCUT2D eigenvalue weighted by Crippen LogP contribution is 2.29. The van der Waals surface area contributed by atoms with Crippen LogP contribution in [-0.2, 0) is 9.53 Å². The van der Waals surface area contributed by atoms with Gasteiger partial charge in [0.1, 0.15) is 5.75 Å². The van der Waals surface area contributed by atoms with Gasteiger partial charge in [0, 0.05) is 0 Å². The van der Waals surface area contributed by atoms with E-state index in [4.69, 9.17) is 4.74 Å². The van der Waals surface area contributed by atoms with Crippen molar-refractivity contribution < 1.29 is 27.4 Å². The fourth-order valence-corrected chi connectivity index (χ4v) is 1.37. The van der Waals surface area contributed by atoms with E-state index in [0.29, 0.717) is 11.3 Å². The maximum absolute atomic E-state index is 12.6. The van der Waals surface area contributed by atoms with Gasteiger partial charge in [-0.15, -0.1) is 0 Å². The van der Waals surface area contributed by atoms with Crippen molar-refractivity contribution in [1.29, 1.82) is 0 Å². The van der Waals surface area contributed by atoms with Crippen LogP contribution in [0.25, 0.3) is 6.08 Å². The first-order chi connectivity index (χ1) is 8.88. The first-order valence-corrected chi connectivity index (χ1v) is 5.35. The van der Waals surface area contributed by atoms with Gasteiger partial charge in [-0.3, -0.25) is 4.79 Å². The van der Waals surface area contributed by atoms with Gasteiger partial charge in [0.05, 0.1) is 14.2 Å². The molecule has 0 bridgehead atoms. The van der Waals surface area contributed by atoms with Crippen LogP contribution in [0.2, 0.25) is 0 Å². The molecule has 1 aromatic carbocycles. The van der Waals surface area contributed by atoms with E-state index in [-0.39, 0.29) is 0 Å². The summed E-state index contributed by atoms with van der Waals surface area (Å²) in [6.45, 7) is 0. The van der Waals surface area contributed by atoms with Gasteiger partial charge in [0.15, 0.2) is 5.92 Å². The predicted octanol–water partition coefficient (Wildman–Crippen LogP) is 3.06. The van der Waals surface area contributed by atoms with Gasteiger partial charge in [-0.25, -0.2) is 0 Å². The van der Waals surface area contributed by atoms with E-state index in [9.17, 15) is 18.0 Å². The lowest BCUT2D eigenvalue weighted by Gasteiger charge is -2.14. The van der Waals surface area contributed by atoms with Crippen molar-refractivity contribution in [3.8, 4) is 5.75 Å². The lowest BCUT2D eigenvalue weighted by atomic mass is 10.1. The molecule has 0 spiro atoms. The number of alkyl halides is 3. The molecule has 1 atom stereocenters. The van der Waals surface area contributed by atoms with Crippen LogP contribution in [0.1, 0.15) is 5.56 Å². The Hall–Kier alpha value is -1.98. The van der Waals surface area contributed by atoms with Crippen LogP contribution in [0.5, 0.6) is 5.75 Å². The average Bonchev–Trinajstić information content (AvgIpc) is 2.37. The lowest BCUT2D eigenvalue weighted by Crippen LogP contribution is -2.29. The molecule has 1 unspecified atom stereocenters. The Morgan fingerprint density at radius 3 is 2.21 bits per heavy atom. The molecular weight excluding hydrogens is 261 g/mol. The summed E-state index contributed by atoms with van der Waals surface area (Å²) in [6.07, 6.45) is -2.68. The standard InChI is InChI=1S/C13H13F3O3/c1-18-10-6-3-9(4-7-10)5-8-11(12(17)19-2)13(14,15)16/h3-8,11H,1-2H3/b8-5-. The summed E-state index contributed by atoms with van der Waals surface area (Å²) in [6, 6.07) is 6.39. The molecular formula is C13H13F3O3. The molecule has 19 heavy (non-hydrogen) atoms. The Morgan fingerprint density at radius 2 is 1.79 bits per heavy atom. The van der Waals surface area contributed by atoms with E-state index in [1.165, 1.54) is 13.2 Å². The summed E-state index contributed by atoms with van der Waals surface area (Å²) >= 11 is 0. The van der Waals surface area contributed by atoms with Crippen molar-refractivity contribution in [2.75, 3.05) is 14.2 Å². The van der Waals surface area contributed by atoms with Crippen molar-refractivity contribution in [3.63, 3.8) is 0 Å².